The summed E-state index contributed by atoms with van der Waals surface area (Å²) in [5, 5.41) is 17.3. The topological polar surface area (TPSA) is 66.3 Å². The Morgan fingerprint density at radius 1 is 1.53 bits per heavy atom. The van der Waals surface area contributed by atoms with E-state index >= 15 is 0 Å². The van der Waals surface area contributed by atoms with Gasteiger partial charge in [-0.05, 0) is 24.5 Å². The second-order valence-electron chi connectivity index (χ2n) is 4.33. The molecule has 0 spiro atoms. The Morgan fingerprint density at radius 2 is 2.29 bits per heavy atom. The van der Waals surface area contributed by atoms with E-state index in [9.17, 15) is 9.90 Å². The summed E-state index contributed by atoms with van der Waals surface area (Å²) in [6, 6.07) is 3.11. The van der Waals surface area contributed by atoms with Gasteiger partial charge in [0.2, 0.25) is 0 Å². The SMILES string of the molecule is CC1CN(C(=O)c2ccc(Cl)nn2)CCC1O. The van der Waals surface area contributed by atoms with Crippen LogP contribution in [0.4, 0.5) is 0 Å². The number of aromatic nitrogens is 2. The summed E-state index contributed by atoms with van der Waals surface area (Å²) in [6.07, 6.45) is 0.281. The van der Waals surface area contributed by atoms with Gasteiger partial charge in [-0.1, -0.05) is 18.5 Å². The third-order valence-corrected chi connectivity index (χ3v) is 3.20. The molecule has 0 aromatic carbocycles. The molecule has 0 radical (unpaired) electrons. The van der Waals surface area contributed by atoms with E-state index in [1.807, 2.05) is 6.92 Å². The lowest BCUT2D eigenvalue weighted by Crippen LogP contribution is -2.45. The number of halogens is 1. The highest BCUT2D eigenvalue weighted by atomic mass is 35.5. The van der Waals surface area contributed by atoms with E-state index < -0.39 is 0 Å². The van der Waals surface area contributed by atoms with Gasteiger partial charge in [-0.2, -0.15) is 0 Å². The molecule has 1 aromatic heterocycles. The molecule has 0 saturated carbocycles. The summed E-state index contributed by atoms with van der Waals surface area (Å²) in [5.74, 6) is -0.0686. The van der Waals surface area contributed by atoms with E-state index in [0.29, 0.717) is 19.5 Å². The number of carbonyl (C=O) groups is 1. The summed E-state index contributed by atoms with van der Waals surface area (Å²) in [7, 11) is 0. The molecule has 2 rings (SSSR count). The van der Waals surface area contributed by atoms with Crippen molar-refractivity contribution in [3.63, 3.8) is 0 Å². The molecule has 1 saturated heterocycles. The minimum Gasteiger partial charge on any atom is -0.393 e. The third-order valence-electron chi connectivity index (χ3n) is 3.00. The van der Waals surface area contributed by atoms with Crippen LogP contribution in [0.5, 0.6) is 0 Å². The molecule has 1 aliphatic rings. The maximum absolute atomic E-state index is 12.1. The van der Waals surface area contributed by atoms with Crippen molar-refractivity contribution < 1.29 is 9.90 Å². The molecule has 2 heterocycles. The zero-order valence-electron chi connectivity index (χ0n) is 9.51. The molecule has 1 aromatic rings. The number of aliphatic hydroxyl groups is 1. The Bertz CT molecular complexity index is 410. The molecule has 6 heteroatoms. The summed E-state index contributed by atoms with van der Waals surface area (Å²) in [4.78, 5) is 13.8. The van der Waals surface area contributed by atoms with Gasteiger partial charge in [0.25, 0.3) is 5.91 Å². The Balaban J connectivity index is 2.08. The van der Waals surface area contributed by atoms with Crippen molar-refractivity contribution in [1.82, 2.24) is 15.1 Å². The first kappa shape index (κ1) is 12.3. The Morgan fingerprint density at radius 3 is 2.88 bits per heavy atom. The zero-order valence-corrected chi connectivity index (χ0v) is 10.3. The van der Waals surface area contributed by atoms with Gasteiger partial charge in [-0.25, -0.2) is 0 Å². The van der Waals surface area contributed by atoms with Crippen LogP contribution in [-0.2, 0) is 0 Å². The normalized spacial score (nSPS) is 24.8. The van der Waals surface area contributed by atoms with Gasteiger partial charge in [-0.3, -0.25) is 4.79 Å². The molecule has 5 nitrogen and oxygen atoms in total. The van der Waals surface area contributed by atoms with E-state index in [-0.39, 0.29) is 28.8 Å². The number of piperidine rings is 1. The van der Waals surface area contributed by atoms with Gasteiger partial charge in [0, 0.05) is 13.1 Å². The molecule has 92 valence electrons. The van der Waals surface area contributed by atoms with Gasteiger partial charge in [0.15, 0.2) is 10.8 Å². The number of nitrogens with zero attached hydrogens (tertiary/aromatic N) is 3. The maximum atomic E-state index is 12.1. The van der Waals surface area contributed by atoms with Crippen LogP contribution in [0.25, 0.3) is 0 Å². The molecule has 1 N–H and O–H groups in total. The first-order valence-electron chi connectivity index (χ1n) is 5.54. The first-order valence-corrected chi connectivity index (χ1v) is 5.92. The monoisotopic (exact) mass is 255 g/mol. The smallest absolute Gasteiger partial charge is 0.274 e. The minimum atomic E-state index is -0.324. The second kappa shape index (κ2) is 4.98. The van der Waals surface area contributed by atoms with Crippen molar-refractivity contribution in [3.05, 3.63) is 23.0 Å². The minimum absolute atomic E-state index is 0.0907. The second-order valence-corrected chi connectivity index (χ2v) is 4.71. The quantitative estimate of drug-likeness (QED) is 0.812. The summed E-state index contributed by atoms with van der Waals surface area (Å²) >= 11 is 5.61. The van der Waals surface area contributed by atoms with E-state index in [0.717, 1.165) is 0 Å². The molecular weight excluding hydrogens is 242 g/mol. The predicted octanol–water partition coefficient (Wildman–Crippen LogP) is 0.973. The fourth-order valence-electron chi connectivity index (χ4n) is 1.91. The maximum Gasteiger partial charge on any atom is 0.274 e. The lowest BCUT2D eigenvalue weighted by Gasteiger charge is -2.34. The molecule has 17 heavy (non-hydrogen) atoms. The van der Waals surface area contributed by atoms with E-state index in [4.69, 9.17) is 11.6 Å². The van der Waals surface area contributed by atoms with E-state index in [2.05, 4.69) is 10.2 Å². The van der Waals surface area contributed by atoms with Crippen molar-refractivity contribution >= 4 is 17.5 Å². The van der Waals surface area contributed by atoms with Crippen LogP contribution in [0.3, 0.4) is 0 Å². The van der Waals surface area contributed by atoms with Crippen LogP contribution >= 0.6 is 11.6 Å². The van der Waals surface area contributed by atoms with Gasteiger partial charge in [-0.15, -0.1) is 10.2 Å². The van der Waals surface area contributed by atoms with Crippen molar-refractivity contribution in [2.75, 3.05) is 13.1 Å². The number of carbonyl (C=O) groups excluding carboxylic acids is 1. The Labute approximate surface area is 104 Å². The van der Waals surface area contributed by atoms with Crippen LogP contribution < -0.4 is 0 Å². The highest BCUT2D eigenvalue weighted by molar-refractivity contribution is 6.29. The predicted molar refractivity (Wildman–Crippen MR) is 62.7 cm³/mol. The standard InChI is InChI=1S/C11H14ClN3O2/c1-7-6-15(5-4-9(7)16)11(17)8-2-3-10(12)14-13-8/h2-3,7,9,16H,4-6H2,1H3. The van der Waals surface area contributed by atoms with Crippen LogP contribution in [0.15, 0.2) is 12.1 Å². The number of hydrogen-bond donors (Lipinski definition) is 1. The molecule has 0 bridgehead atoms. The molecule has 0 aliphatic carbocycles. The molecule has 1 amide bonds. The summed E-state index contributed by atoms with van der Waals surface area (Å²) < 4.78 is 0. The number of likely N-dealkylation sites (tertiary alicyclic amines) is 1. The Hall–Kier alpha value is -1.20. The summed E-state index contributed by atoms with van der Waals surface area (Å²) in [6.45, 7) is 3.02. The zero-order chi connectivity index (χ0) is 12.4. The number of aliphatic hydroxyl groups excluding tert-OH is 1. The number of rotatable bonds is 1. The van der Waals surface area contributed by atoms with Crippen LogP contribution in [0, 0.1) is 5.92 Å². The van der Waals surface area contributed by atoms with Crippen LogP contribution in [0.2, 0.25) is 5.15 Å². The highest BCUT2D eigenvalue weighted by Crippen LogP contribution is 2.18. The van der Waals surface area contributed by atoms with Gasteiger partial charge in [0.1, 0.15) is 0 Å². The average Bonchev–Trinajstić information content (AvgIpc) is 2.33. The molecule has 1 aliphatic heterocycles. The van der Waals surface area contributed by atoms with Crippen molar-refractivity contribution in [2.24, 2.45) is 5.92 Å². The van der Waals surface area contributed by atoms with Crippen molar-refractivity contribution in [3.8, 4) is 0 Å². The van der Waals surface area contributed by atoms with Crippen LogP contribution in [0.1, 0.15) is 23.8 Å². The fourth-order valence-corrected chi connectivity index (χ4v) is 2.01. The molecule has 2 atom stereocenters. The van der Waals surface area contributed by atoms with Crippen molar-refractivity contribution in [2.45, 2.75) is 19.4 Å². The lowest BCUT2D eigenvalue weighted by atomic mass is 9.96. The molecule has 2 unspecified atom stereocenters. The lowest BCUT2D eigenvalue weighted by molar-refractivity contribution is 0.0293. The van der Waals surface area contributed by atoms with Crippen LogP contribution in [-0.4, -0.2) is 45.3 Å². The van der Waals surface area contributed by atoms with E-state index in [1.54, 1.807) is 17.0 Å². The fraction of sp³-hybridized carbons (Fsp3) is 0.545. The van der Waals surface area contributed by atoms with Crippen molar-refractivity contribution in [1.29, 1.82) is 0 Å². The number of amides is 1. The molecular formula is C11H14ClN3O2. The van der Waals surface area contributed by atoms with Gasteiger partial charge in [0.05, 0.1) is 6.10 Å². The largest absolute Gasteiger partial charge is 0.393 e. The van der Waals surface area contributed by atoms with Gasteiger partial charge < -0.3 is 10.0 Å². The Kier molecular flexibility index (Phi) is 3.59. The van der Waals surface area contributed by atoms with E-state index in [1.165, 1.54) is 0 Å². The van der Waals surface area contributed by atoms with Gasteiger partial charge >= 0.3 is 0 Å². The average molecular weight is 256 g/mol. The molecule has 1 fully saturated rings. The highest BCUT2D eigenvalue weighted by Gasteiger charge is 2.28. The number of hydrogen-bond acceptors (Lipinski definition) is 4. The summed E-state index contributed by atoms with van der Waals surface area (Å²) in [5.41, 5.74) is 0.290. The first-order chi connectivity index (χ1) is 8.08. The third kappa shape index (κ3) is 2.73.